The van der Waals surface area contributed by atoms with Gasteiger partial charge in [-0.2, -0.15) is 5.10 Å². The molecule has 2 aliphatic rings. The molecule has 2 aromatic heterocycles. The number of thioether (sulfide) groups is 1. The highest BCUT2D eigenvalue weighted by molar-refractivity contribution is 8.00. The lowest BCUT2D eigenvalue weighted by atomic mass is 10.2. The molecule has 12 heteroatoms. The van der Waals surface area contributed by atoms with Crippen LogP contribution in [0, 0.1) is 13.8 Å². The van der Waals surface area contributed by atoms with Gasteiger partial charge in [0.1, 0.15) is 17.9 Å². The second kappa shape index (κ2) is 14.0. The molecule has 2 saturated heterocycles. The Kier molecular flexibility index (Phi) is 10.3. The van der Waals surface area contributed by atoms with Crippen molar-refractivity contribution in [2.24, 2.45) is 0 Å². The van der Waals surface area contributed by atoms with Crippen LogP contribution in [0.25, 0.3) is 10.9 Å². The van der Waals surface area contributed by atoms with Gasteiger partial charge in [-0.25, -0.2) is 9.97 Å². The van der Waals surface area contributed by atoms with Gasteiger partial charge >= 0.3 is 0 Å². The number of aromatic amines is 1. The number of nitrogens with zero attached hydrogens (tertiary/aromatic N) is 7. The standard InChI is InChI=1S/C32H49N9O2S/c1-22-19-41(15-10-38(22)7)29(42)20-40-13-11-39(12-14-40)9-8-16-43-27-18-26-25(17-28(27)44-32(4,5)6)31(34-21-33-26)35-30-23(2)24(3)36-37-30/h17-18,21-22H,8-16,19-20H2,1-7H3,(H2,33,34,35,36,37)/t22-/m1/s1. The summed E-state index contributed by atoms with van der Waals surface area (Å²) < 4.78 is 6.42. The fourth-order valence-corrected chi connectivity index (χ4v) is 6.67. The number of H-pyrrole nitrogens is 1. The fraction of sp³-hybridized carbons (Fsp3) is 0.625. The van der Waals surface area contributed by atoms with E-state index in [2.05, 4.69) is 81.0 Å². The molecule has 2 aliphatic heterocycles. The summed E-state index contributed by atoms with van der Waals surface area (Å²) in [5.41, 5.74) is 2.92. The average Bonchev–Trinajstić information content (AvgIpc) is 3.29. The van der Waals surface area contributed by atoms with Gasteiger partial charge in [0.15, 0.2) is 5.82 Å². The number of likely N-dealkylation sites (N-methyl/N-ethyl adjacent to an activating group) is 1. The molecule has 11 nitrogen and oxygen atoms in total. The Bertz CT molecular complexity index is 1430. The first-order chi connectivity index (χ1) is 21.0. The second-order valence-electron chi connectivity index (χ2n) is 13.2. The topological polar surface area (TPSA) is 106 Å². The lowest BCUT2D eigenvalue weighted by Gasteiger charge is -2.39. The monoisotopic (exact) mass is 623 g/mol. The van der Waals surface area contributed by atoms with Crippen molar-refractivity contribution in [2.45, 2.75) is 63.6 Å². The Morgan fingerprint density at radius 1 is 1.07 bits per heavy atom. The van der Waals surface area contributed by atoms with Gasteiger partial charge in [0.25, 0.3) is 0 Å². The van der Waals surface area contributed by atoms with Gasteiger partial charge in [0.05, 0.1) is 23.6 Å². The highest BCUT2D eigenvalue weighted by Gasteiger charge is 2.27. The summed E-state index contributed by atoms with van der Waals surface area (Å²) in [6, 6.07) is 4.60. The van der Waals surface area contributed by atoms with Crippen molar-refractivity contribution in [3.63, 3.8) is 0 Å². The third-order valence-electron chi connectivity index (χ3n) is 8.62. The van der Waals surface area contributed by atoms with Gasteiger partial charge in [-0.3, -0.25) is 14.8 Å². The smallest absolute Gasteiger partial charge is 0.236 e. The lowest BCUT2D eigenvalue weighted by molar-refractivity contribution is -0.135. The van der Waals surface area contributed by atoms with Crippen LogP contribution < -0.4 is 10.1 Å². The number of aromatic nitrogens is 4. The highest BCUT2D eigenvalue weighted by atomic mass is 32.2. The summed E-state index contributed by atoms with van der Waals surface area (Å²) in [4.78, 5) is 32.2. The minimum atomic E-state index is 0.00850. The first kappa shape index (κ1) is 32.5. The number of anilines is 2. The largest absolute Gasteiger partial charge is 0.492 e. The predicted molar refractivity (Wildman–Crippen MR) is 178 cm³/mol. The first-order valence-electron chi connectivity index (χ1n) is 15.8. The van der Waals surface area contributed by atoms with Gasteiger partial charge in [-0.15, -0.1) is 11.8 Å². The molecular formula is C32H49N9O2S. The number of rotatable bonds is 10. The van der Waals surface area contributed by atoms with Crippen LogP contribution in [0.5, 0.6) is 5.75 Å². The zero-order valence-electron chi connectivity index (χ0n) is 27.4. The second-order valence-corrected chi connectivity index (χ2v) is 15.1. The molecular weight excluding hydrogens is 574 g/mol. The Hall–Kier alpha value is -2.93. The molecule has 0 spiro atoms. The number of carbonyl (C=O) groups excluding carboxylic acids is 1. The Labute approximate surface area is 266 Å². The molecule has 44 heavy (non-hydrogen) atoms. The van der Waals surface area contributed by atoms with Crippen LogP contribution in [0.3, 0.4) is 0 Å². The maximum absolute atomic E-state index is 12.9. The molecule has 1 amide bonds. The summed E-state index contributed by atoms with van der Waals surface area (Å²) in [7, 11) is 2.14. The van der Waals surface area contributed by atoms with E-state index in [9.17, 15) is 4.79 Å². The molecule has 1 aromatic carbocycles. The van der Waals surface area contributed by atoms with Crippen molar-refractivity contribution in [1.82, 2.24) is 39.8 Å². The summed E-state index contributed by atoms with van der Waals surface area (Å²) in [5, 5.41) is 11.8. The molecule has 240 valence electrons. The Balaban J connectivity index is 1.15. The summed E-state index contributed by atoms with van der Waals surface area (Å²) in [6.45, 7) is 21.5. The number of hydrogen-bond donors (Lipinski definition) is 2. The van der Waals surface area contributed by atoms with Crippen molar-refractivity contribution in [3.8, 4) is 5.75 Å². The van der Waals surface area contributed by atoms with Crippen LogP contribution in [0.15, 0.2) is 23.4 Å². The van der Waals surface area contributed by atoms with E-state index >= 15 is 0 Å². The minimum Gasteiger partial charge on any atom is -0.492 e. The van der Waals surface area contributed by atoms with Crippen molar-refractivity contribution < 1.29 is 9.53 Å². The lowest BCUT2D eigenvalue weighted by Crippen LogP contribution is -2.55. The number of fused-ring (bicyclic) bond motifs is 1. The van der Waals surface area contributed by atoms with E-state index in [1.54, 1.807) is 18.1 Å². The van der Waals surface area contributed by atoms with Gasteiger partial charge in [-0.05, 0) is 40.3 Å². The maximum Gasteiger partial charge on any atom is 0.236 e. The third kappa shape index (κ3) is 8.21. The number of benzene rings is 1. The van der Waals surface area contributed by atoms with E-state index in [4.69, 9.17) is 4.74 Å². The van der Waals surface area contributed by atoms with Crippen LogP contribution in [-0.2, 0) is 4.79 Å². The van der Waals surface area contributed by atoms with E-state index in [1.165, 1.54) is 0 Å². The number of nitrogens with one attached hydrogen (secondary N) is 2. The molecule has 2 fully saturated rings. The van der Waals surface area contributed by atoms with E-state index in [1.807, 2.05) is 24.8 Å². The van der Waals surface area contributed by atoms with Crippen LogP contribution in [0.1, 0.15) is 45.4 Å². The molecule has 3 aromatic rings. The number of piperazine rings is 2. The van der Waals surface area contributed by atoms with Crippen LogP contribution in [-0.4, -0.2) is 129 Å². The SMILES string of the molecule is Cc1[nH]nc(Nc2ncnc3cc(OCCCN4CCN(CC(=O)N5CCN(C)[C@H](C)C5)CC4)c(SC(C)(C)C)cc23)c1C. The fourth-order valence-electron chi connectivity index (χ4n) is 5.61. The number of carbonyl (C=O) groups is 1. The van der Waals surface area contributed by atoms with E-state index in [0.29, 0.717) is 19.2 Å². The summed E-state index contributed by atoms with van der Waals surface area (Å²) in [6.07, 6.45) is 2.52. The summed E-state index contributed by atoms with van der Waals surface area (Å²) >= 11 is 1.79. The molecule has 0 radical (unpaired) electrons. The van der Waals surface area contributed by atoms with Gasteiger partial charge in [0, 0.05) is 85.9 Å². The van der Waals surface area contributed by atoms with Crippen molar-refractivity contribution in [1.29, 1.82) is 0 Å². The first-order valence-corrected chi connectivity index (χ1v) is 16.6. The van der Waals surface area contributed by atoms with Crippen molar-refractivity contribution in [3.05, 3.63) is 29.7 Å². The molecule has 0 aliphatic carbocycles. The average molecular weight is 624 g/mol. The molecule has 0 unspecified atom stereocenters. The van der Waals surface area contributed by atoms with Crippen LogP contribution in [0.4, 0.5) is 11.6 Å². The number of aryl methyl sites for hydroxylation is 1. The molecule has 0 saturated carbocycles. The van der Waals surface area contributed by atoms with E-state index in [0.717, 1.165) is 103 Å². The zero-order valence-corrected chi connectivity index (χ0v) is 28.3. The highest BCUT2D eigenvalue weighted by Crippen LogP contribution is 2.41. The van der Waals surface area contributed by atoms with Gasteiger partial charge < -0.3 is 24.8 Å². The quantitative estimate of drug-likeness (QED) is 0.253. The van der Waals surface area contributed by atoms with Crippen LogP contribution >= 0.6 is 11.8 Å². The Morgan fingerprint density at radius 3 is 2.50 bits per heavy atom. The normalized spacial score (nSPS) is 19.1. The molecule has 2 N–H and O–H groups in total. The third-order valence-corrected chi connectivity index (χ3v) is 9.77. The zero-order chi connectivity index (χ0) is 31.4. The predicted octanol–water partition coefficient (Wildman–Crippen LogP) is 4.15. The number of hydrogen-bond acceptors (Lipinski definition) is 10. The molecule has 4 heterocycles. The maximum atomic E-state index is 12.9. The minimum absolute atomic E-state index is 0.00850. The molecule has 0 bridgehead atoms. The van der Waals surface area contributed by atoms with Crippen molar-refractivity contribution >= 4 is 40.2 Å². The summed E-state index contributed by atoms with van der Waals surface area (Å²) in [5.74, 6) is 2.62. The number of ether oxygens (including phenoxy) is 1. The Morgan fingerprint density at radius 2 is 1.82 bits per heavy atom. The van der Waals surface area contributed by atoms with Gasteiger partial charge in [-0.1, -0.05) is 20.8 Å². The van der Waals surface area contributed by atoms with Crippen LogP contribution in [0.2, 0.25) is 0 Å². The molecule has 5 rings (SSSR count). The van der Waals surface area contributed by atoms with E-state index < -0.39 is 0 Å². The van der Waals surface area contributed by atoms with E-state index in [-0.39, 0.29) is 10.7 Å². The number of amides is 1. The van der Waals surface area contributed by atoms with Gasteiger partial charge in [0.2, 0.25) is 5.91 Å². The molecule has 1 atom stereocenters. The van der Waals surface area contributed by atoms with Crippen molar-refractivity contribution in [2.75, 3.05) is 77.9 Å².